The zero-order valence-electron chi connectivity index (χ0n) is 21.7. The number of allylic oxidation sites excluding steroid dienone is 8. The second-order valence-electron chi connectivity index (χ2n) is 10.4. The van der Waals surface area contributed by atoms with Crippen molar-refractivity contribution in [2.24, 2.45) is 0 Å². The van der Waals surface area contributed by atoms with E-state index in [2.05, 4.69) is 135 Å². The van der Waals surface area contributed by atoms with Crippen LogP contribution >= 0.6 is 0 Å². The highest BCUT2D eigenvalue weighted by Gasteiger charge is 2.42. The van der Waals surface area contributed by atoms with Crippen LogP contribution in [0, 0.1) is 0 Å². The summed E-state index contributed by atoms with van der Waals surface area (Å²) in [5.74, 6) is 1.89. The van der Waals surface area contributed by atoms with E-state index >= 15 is 0 Å². The second kappa shape index (κ2) is 9.37. The Kier molecular flexibility index (Phi) is 5.88. The number of ether oxygens (including phenoxy) is 1. The van der Waals surface area contributed by atoms with Gasteiger partial charge >= 0.3 is 0 Å². The maximum Gasteiger partial charge on any atom is 0.209 e. The van der Waals surface area contributed by atoms with Crippen LogP contribution < -0.4 is 0 Å². The summed E-state index contributed by atoms with van der Waals surface area (Å²) in [6, 6.07) is 29.6. The van der Waals surface area contributed by atoms with E-state index in [9.17, 15) is 0 Å². The Bertz CT molecular complexity index is 1540. The molecule has 3 aromatic carbocycles. The van der Waals surface area contributed by atoms with Gasteiger partial charge in [-0.1, -0.05) is 97.1 Å². The maximum atomic E-state index is 6.54. The van der Waals surface area contributed by atoms with Crippen LogP contribution in [0.3, 0.4) is 0 Å². The molecule has 0 atom stereocenters. The highest BCUT2D eigenvalue weighted by atomic mass is 16.5. The molecular weight excluding hydrogens is 450 g/mol. The molecule has 0 spiro atoms. The molecule has 0 saturated carbocycles. The van der Waals surface area contributed by atoms with Gasteiger partial charge < -0.3 is 4.74 Å². The fourth-order valence-electron chi connectivity index (χ4n) is 5.83. The summed E-state index contributed by atoms with van der Waals surface area (Å²) >= 11 is 0. The van der Waals surface area contributed by atoms with Gasteiger partial charge in [-0.2, -0.15) is 4.58 Å². The first-order valence-electron chi connectivity index (χ1n) is 13.1. The predicted octanol–water partition coefficient (Wildman–Crippen LogP) is 8.38. The minimum atomic E-state index is -0.0144. The molecule has 3 aromatic rings. The zero-order valence-corrected chi connectivity index (χ0v) is 21.7. The molecule has 2 nitrogen and oxygen atoms in total. The van der Waals surface area contributed by atoms with Crippen LogP contribution in [0.15, 0.2) is 132 Å². The van der Waals surface area contributed by atoms with Gasteiger partial charge in [-0.15, -0.1) is 0 Å². The third-order valence-corrected chi connectivity index (χ3v) is 7.77. The maximum absolute atomic E-state index is 6.54. The van der Waals surface area contributed by atoms with Crippen LogP contribution in [0.4, 0.5) is 5.69 Å². The van der Waals surface area contributed by atoms with E-state index in [-0.39, 0.29) is 5.41 Å². The monoisotopic (exact) mass is 482 g/mol. The molecule has 2 heteroatoms. The fraction of sp³-hybridized carbons (Fsp3) is 0.171. The van der Waals surface area contributed by atoms with Crippen molar-refractivity contribution in [2.75, 3.05) is 7.05 Å². The van der Waals surface area contributed by atoms with Crippen molar-refractivity contribution in [1.29, 1.82) is 0 Å². The van der Waals surface area contributed by atoms with Gasteiger partial charge in [0, 0.05) is 34.4 Å². The van der Waals surface area contributed by atoms with E-state index in [1.54, 1.807) is 0 Å². The van der Waals surface area contributed by atoms with Crippen LogP contribution in [-0.2, 0) is 10.2 Å². The van der Waals surface area contributed by atoms with Gasteiger partial charge in [0.25, 0.3) is 0 Å². The Labute approximate surface area is 220 Å². The van der Waals surface area contributed by atoms with E-state index in [1.165, 1.54) is 33.7 Å². The lowest BCUT2D eigenvalue weighted by molar-refractivity contribution is -0.401. The van der Waals surface area contributed by atoms with E-state index in [0.717, 1.165) is 35.5 Å². The molecule has 2 aliphatic heterocycles. The minimum absolute atomic E-state index is 0.0144. The number of fused-ring (bicyclic) bond motifs is 2. The molecule has 0 unspecified atom stereocenters. The average Bonchev–Trinajstić information content (AvgIpc) is 3.43. The molecule has 0 N–H and O–H groups in total. The molecule has 2 heterocycles. The molecule has 1 aliphatic carbocycles. The molecule has 0 aromatic heterocycles. The molecule has 0 saturated heterocycles. The summed E-state index contributed by atoms with van der Waals surface area (Å²) in [6.07, 6.45) is 13.2. The van der Waals surface area contributed by atoms with Crippen molar-refractivity contribution < 1.29 is 9.31 Å². The summed E-state index contributed by atoms with van der Waals surface area (Å²) in [7, 11) is 2.17. The van der Waals surface area contributed by atoms with Crippen LogP contribution in [0.5, 0.6) is 0 Å². The lowest BCUT2D eigenvalue weighted by Crippen LogP contribution is -2.26. The Morgan fingerprint density at radius 1 is 0.757 bits per heavy atom. The predicted molar refractivity (Wildman–Crippen MR) is 154 cm³/mol. The molecule has 3 aliphatic rings. The first-order valence-corrected chi connectivity index (χ1v) is 13.1. The topological polar surface area (TPSA) is 12.2 Å². The Hall–Kier alpha value is -4.17. The average molecular weight is 483 g/mol. The van der Waals surface area contributed by atoms with Gasteiger partial charge in [0.2, 0.25) is 5.69 Å². The first kappa shape index (κ1) is 23.2. The highest BCUT2D eigenvalue weighted by Crippen LogP contribution is 2.45. The van der Waals surface area contributed by atoms with Gasteiger partial charge in [-0.3, -0.25) is 0 Å². The number of nitrogens with zero attached hydrogens (tertiary/aromatic N) is 1. The van der Waals surface area contributed by atoms with Crippen LogP contribution in [-0.4, -0.2) is 17.3 Å². The number of rotatable bonds is 5. The summed E-state index contributed by atoms with van der Waals surface area (Å²) in [4.78, 5) is 0. The lowest BCUT2D eigenvalue weighted by atomic mass is 9.81. The first-order chi connectivity index (χ1) is 18.0. The summed E-state index contributed by atoms with van der Waals surface area (Å²) in [5.41, 5.74) is 10.2. The molecule has 0 amide bonds. The Morgan fingerprint density at radius 2 is 1.41 bits per heavy atom. The minimum Gasteiger partial charge on any atom is -0.456 e. The summed E-state index contributed by atoms with van der Waals surface area (Å²) in [5, 5.41) is 0. The summed E-state index contributed by atoms with van der Waals surface area (Å²) in [6.45, 7) is 4.61. The van der Waals surface area contributed by atoms with Crippen molar-refractivity contribution in [3.8, 4) is 0 Å². The van der Waals surface area contributed by atoms with Crippen molar-refractivity contribution >= 4 is 22.9 Å². The summed E-state index contributed by atoms with van der Waals surface area (Å²) < 4.78 is 8.86. The Balaban J connectivity index is 1.35. The molecule has 0 bridgehead atoms. The molecular formula is C35H32NO+. The third kappa shape index (κ3) is 4.13. The second-order valence-corrected chi connectivity index (χ2v) is 10.4. The van der Waals surface area contributed by atoms with Crippen molar-refractivity contribution in [1.82, 2.24) is 0 Å². The number of para-hydroxylation sites is 1. The van der Waals surface area contributed by atoms with Crippen LogP contribution in [0.1, 0.15) is 43.4 Å². The van der Waals surface area contributed by atoms with E-state index < -0.39 is 0 Å². The van der Waals surface area contributed by atoms with E-state index in [0.29, 0.717) is 0 Å². The molecule has 0 radical (unpaired) electrons. The Morgan fingerprint density at radius 3 is 2.14 bits per heavy atom. The van der Waals surface area contributed by atoms with Gasteiger partial charge in [0.1, 0.15) is 18.6 Å². The molecule has 0 fully saturated rings. The third-order valence-electron chi connectivity index (χ3n) is 7.77. The van der Waals surface area contributed by atoms with Gasteiger partial charge in [-0.05, 0) is 43.9 Å². The SMILES string of the molecule is C[N+]1=C(/C=C/C=C/C2=C3C=C(c4ccccc4)OC(c4ccccc4)=C3CC2)C(C)(C)c2ccccc21. The van der Waals surface area contributed by atoms with Crippen molar-refractivity contribution in [3.63, 3.8) is 0 Å². The molecule has 182 valence electrons. The van der Waals surface area contributed by atoms with Crippen LogP contribution in [0.25, 0.3) is 11.5 Å². The fourth-order valence-corrected chi connectivity index (χ4v) is 5.83. The number of hydrogen-bond donors (Lipinski definition) is 0. The molecule has 6 rings (SSSR count). The van der Waals surface area contributed by atoms with Gasteiger partial charge in [0.05, 0.1) is 5.41 Å². The molecule has 37 heavy (non-hydrogen) atoms. The van der Waals surface area contributed by atoms with Crippen molar-refractivity contribution in [2.45, 2.75) is 32.1 Å². The quantitative estimate of drug-likeness (QED) is 0.263. The van der Waals surface area contributed by atoms with E-state index in [1.807, 2.05) is 6.07 Å². The number of benzene rings is 3. The highest BCUT2D eigenvalue weighted by molar-refractivity contribution is 6.03. The van der Waals surface area contributed by atoms with Crippen molar-refractivity contribution in [3.05, 3.63) is 149 Å². The largest absolute Gasteiger partial charge is 0.456 e. The normalized spacial score (nSPS) is 18.5. The standard InChI is InChI=1S/C35H32NO/c1-35(2)30-19-11-12-20-31(30)36(3)33(35)21-13-10-14-25-22-23-28-29(25)24-32(26-15-6-4-7-16-26)37-34(28)27-17-8-5-9-18-27/h4-21,24H,22-23H2,1-3H3/q+1/b14-10+,21-13+. The van der Waals surface area contributed by atoms with Gasteiger partial charge in [-0.25, -0.2) is 0 Å². The van der Waals surface area contributed by atoms with E-state index in [4.69, 9.17) is 4.74 Å². The van der Waals surface area contributed by atoms with Crippen LogP contribution in [0.2, 0.25) is 0 Å². The van der Waals surface area contributed by atoms with Gasteiger partial charge in [0.15, 0.2) is 5.71 Å². The smallest absolute Gasteiger partial charge is 0.209 e. The lowest BCUT2D eigenvalue weighted by Gasteiger charge is -2.22. The zero-order chi connectivity index (χ0) is 25.4. The number of hydrogen-bond acceptors (Lipinski definition) is 1.